The highest BCUT2D eigenvalue weighted by Crippen LogP contribution is 2.26. The van der Waals surface area contributed by atoms with Gasteiger partial charge in [0, 0.05) is 44.6 Å². The number of halogens is 1. The summed E-state index contributed by atoms with van der Waals surface area (Å²) >= 11 is 6.29. The second-order valence-electron chi connectivity index (χ2n) is 8.41. The van der Waals surface area contributed by atoms with Crippen LogP contribution in [0, 0.1) is 5.92 Å². The molecule has 1 saturated heterocycles. The minimum Gasteiger partial charge on any atom is -0.371 e. The van der Waals surface area contributed by atoms with E-state index in [1.807, 2.05) is 26.0 Å². The molecular formula is C24H31ClN4O2. The first kappa shape index (κ1) is 22.9. The number of amides is 3. The van der Waals surface area contributed by atoms with E-state index in [-0.39, 0.29) is 11.9 Å². The predicted octanol–water partition coefficient (Wildman–Crippen LogP) is 4.99. The fourth-order valence-corrected chi connectivity index (χ4v) is 3.89. The maximum absolute atomic E-state index is 12.7. The highest BCUT2D eigenvalue weighted by atomic mass is 35.5. The van der Waals surface area contributed by atoms with E-state index in [4.69, 9.17) is 11.6 Å². The zero-order chi connectivity index (χ0) is 22.4. The second-order valence-corrected chi connectivity index (χ2v) is 8.81. The average molecular weight is 443 g/mol. The number of carbonyl (C=O) groups excluding carboxylic acids is 2. The summed E-state index contributed by atoms with van der Waals surface area (Å²) < 4.78 is 0. The Bertz CT molecular complexity index is 926. The fourth-order valence-electron chi connectivity index (χ4n) is 3.63. The summed E-state index contributed by atoms with van der Waals surface area (Å²) in [5.41, 5.74) is 3.26. The standard InChI is InChI=1S/C24H31ClN4O2/c1-17(2)15-26-23(30)20-11-10-19(14-21(20)25)27-24(31)28(3)16-18-8-4-5-9-22(18)29-12-6-7-13-29/h4-5,8-11,14,17H,6-7,12-13,15-16H2,1-3H3,(H,26,30)(H,27,31). The van der Waals surface area contributed by atoms with Crippen LogP contribution in [0.4, 0.5) is 16.2 Å². The Labute approximate surface area is 189 Å². The van der Waals surface area contributed by atoms with E-state index in [0.29, 0.717) is 35.3 Å². The van der Waals surface area contributed by atoms with Crippen molar-refractivity contribution in [3.63, 3.8) is 0 Å². The maximum atomic E-state index is 12.7. The van der Waals surface area contributed by atoms with Crippen LogP contribution >= 0.6 is 11.6 Å². The molecule has 0 radical (unpaired) electrons. The lowest BCUT2D eigenvalue weighted by molar-refractivity contribution is 0.0949. The van der Waals surface area contributed by atoms with E-state index in [0.717, 1.165) is 18.7 Å². The summed E-state index contributed by atoms with van der Waals surface area (Å²) in [5.74, 6) is 0.139. The van der Waals surface area contributed by atoms with Gasteiger partial charge >= 0.3 is 6.03 Å². The Balaban J connectivity index is 1.62. The molecule has 3 rings (SSSR count). The molecule has 0 aromatic heterocycles. The molecule has 0 unspecified atom stereocenters. The van der Waals surface area contributed by atoms with Crippen molar-refractivity contribution in [3.8, 4) is 0 Å². The summed E-state index contributed by atoms with van der Waals surface area (Å²) in [6.45, 7) is 7.26. The van der Waals surface area contributed by atoms with Crippen molar-refractivity contribution in [1.29, 1.82) is 0 Å². The molecule has 6 nitrogen and oxygen atoms in total. The van der Waals surface area contributed by atoms with Crippen molar-refractivity contribution in [2.45, 2.75) is 33.2 Å². The van der Waals surface area contributed by atoms with Crippen LogP contribution in [0.5, 0.6) is 0 Å². The fraction of sp³-hybridized carbons (Fsp3) is 0.417. The van der Waals surface area contributed by atoms with E-state index in [9.17, 15) is 9.59 Å². The van der Waals surface area contributed by atoms with Gasteiger partial charge in [-0.2, -0.15) is 0 Å². The first-order valence-corrected chi connectivity index (χ1v) is 11.2. The van der Waals surface area contributed by atoms with Crippen molar-refractivity contribution in [2.75, 3.05) is 36.9 Å². The summed E-state index contributed by atoms with van der Waals surface area (Å²) in [4.78, 5) is 29.0. The van der Waals surface area contributed by atoms with Gasteiger partial charge in [-0.05, 0) is 48.6 Å². The minimum absolute atomic E-state index is 0.216. The third-order valence-electron chi connectivity index (χ3n) is 5.33. The van der Waals surface area contributed by atoms with Crippen LogP contribution in [0.3, 0.4) is 0 Å². The number of para-hydroxylation sites is 1. The van der Waals surface area contributed by atoms with Crippen molar-refractivity contribution in [1.82, 2.24) is 10.2 Å². The Kier molecular flexibility index (Phi) is 7.80. The van der Waals surface area contributed by atoms with Gasteiger partial charge in [-0.25, -0.2) is 4.79 Å². The molecule has 1 heterocycles. The summed E-state index contributed by atoms with van der Waals surface area (Å²) in [7, 11) is 1.77. The average Bonchev–Trinajstić information content (AvgIpc) is 3.27. The summed E-state index contributed by atoms with van der Waals surface area (Å²) in [6.07, 6.45) is 2.41. The Hall–Kier alpha value is -2.73. The zero-order valence-electron chi connectivity index (χ0n) is 18.5. The van der Waals surface area contributed by atoms with Gasteiger partial charge in [0.25, 0.3) is 5.91 Å². The Morgan fingerprint density at radius 2 is 1.84 bits per heavy atom. The van der Waals surface area contributed by atoms with E-state index in [1.54, 1.807) is 30.1 Å². The van der Waals surface area contributed by atoms with E-state index >= 15 is 0 Å². The highest BCUT2D eigenvalue weighted by Gasteiger charge is 2.18. The molecule has 1 fully saturated rings. The second kappa shape index (κ2) is 10.5. The molecule has 2 N–H and O–H groups in total. The van der Waals surface area contributed by atoms with Crippen molar-refractivity contribution in [2.24, 2.45) is 5.92 Å². The lowest BCUT2D eigenvalue weighted by Crippen LogP contribution is -2.32. The molecule has 0 aliphatic carbocycles. The highest BCUT2D eigenvalue weighted by molar-refractivity contribution is 6.34. The number of hydrogen-bond donors (Lipinski definition) is 2. The van der Waals surface area contributed by atoms with E-state index in [1.165, 1.54) is 18.5 Å². The number of anilines is 2. The number of nitrogens with zero attached hydrogens (tertiary/aromatic N) is 2. The van der Waals surface area contributed by atoms with Crippen LogP contribution in [-0.2, 0) is 6.54 Å². The van der Waals surface area contributed by atoms with E-state index in [2.05, 4.69) is 27.7 Å². The van der Waals surface area contributed by atoms with Crippen LogP contribution in [0.1, 0.15) is 42.6 Å². The van der Waals surface area contributed by atoms with Gasteiger partial charge in [-0.15, -0.1) is 0 Å². The van der Waals surface area contributed by atoms with Gasteiger partial charge in [0.05, 0.1) is 10.6 Å². The normalized spacial score (nSPS) is 13.4. The topological polar surface area (TPSA) is 64.7 Å². The lowest BCUT2D eigenvalue weighted by Gasteiger charge is -2.24. The molecule has 3 amide bonds. The third kappa shape index (κ3) is 6.14. The van der Waals surface area contributed by atoms with Gasteiger partial charge in [0.15, 0.2) is 0 Å². The SMILES string of the molecule is CC(C)CNC(=O)c1ccc(NC(=O)N(C)Cc2ccccc2N2CCCC2)cc1Cl. The Morgan fingerprint density at radius 1 is 1.13 bits per heavy atom. The van der Waals surface area contributed by atoms with Crippen LogP contribution in [0.15, 0.2) is 42.5 Å². The maximum Gasteiger partial charge on any atom is 0.321 e. The van der Waals surface area contributed by atoms with Gasteiger partial charge in [-0.1, -0.05) is 43.6 Å². The van der Waals surface area contributed by atoms with Crippen molar-refractivity contribution < 1.29 is 9.59 Å². The molecule has 1 aliphatic rings. The van der Waals surface area contributed by atoms with Crippen LogP contribution in [0.25, 0.3) is 0 Å². The minimum atomic E-state index is -0.232. The van der Waals surface area contributed by atoms with Crippen molar-refractivity contribution >= 4 is 34.9 Å². The Morgan fingerprint density at radius 3 is 2.52 bits per heavy atom. The van der Waals surface area contributed by atoms with E-state index < -0.39 is 0 Å². The molecule has 0 bridgehead atoms. The summed E-state index contributed by atoms with van der Waals surface area (Å²) in [5, 5.41) is 6.02. The van der Waals surface area contributed by atoms with Gasteiger partial charge < -0.3 is 20.4 Å². The third-order valence-corrected chi connectivity index (χ3v) is 5.64. The number of urea groups is 1. The molecule has 2 aromatic carbocycles. The number of benzene rings is 2. The molecule has 2 aromatic rings. The van der Waals surface area contributed by atoms with Gasteiger partial charge in [-0.3, -0.25) is 4.79 Å². The monoisotopic (exact) mass is 442 g/mol. The summed E-state index contributed by atoms with van der Waals surface area (Å²) in [6, 6.07) is 12.9. The first-order chi connectivity index (χ1) is 14.8. The molecule has 166 valence electrons. The van der Waals surface area contributed by atoms with Gasteiger partial charge in [0.1, 0.15) is 0 Å². The van der Waals surface area contributed by atoms with Crippen LogP contribution < -0.4 is 15.5 Å². The molecule has 1 aliphatic heterocycles. The van der Waals surface area contributed by atoms with Gasteiger partial charge in [0.2, 0.25) is 0 Å². The molecular weight excluding hydrogens is 412 g/mol. The molecule has 0 spiro atoms. The molecule has 31 heavy (non-hydrogen) atoms. The largest absolute Gasteiger partial charge is 0.371 e. The van der Waals surface area contributed by atoms with Crippen LogP contribution in [0.2, 0.25) is 5.02 Å². The zero-order valence-corrected chi connectivity index (χ0v) is 19.2. The van der Waals surface area contributed by atoms with Crippen molar-refractivity contribution in [3.05, 3.63) is 58.6 Å². The van der Waals surface area contributed by atoms with Crippen LogP contribution in [-0.4, -0.2) is 43.5 Å². The quantitative estimate of drug-likeness (QED) is 0.634. The molecule has 0 atom stereocenters. The molecule has 0 saturated carbocycles. The number of hydrogen-bond acceptors (Lipinski definition) is 3. The number of nitrogens with one attached hydrogen (secondary N) is 2. The number of carbonyl (C=O) groups is 2. The lowest BCUT2D eigenvalue weighted by atomic mass is 10.1. The first-order valence-electron chi connectivity index (χ1n) is 10.8. The number of rotatable bonds is 7. The predicted molar refractivity (Wildman–Crippen MR) is 127 cm³/mol. The molecule has 7 heteroatoms. The smallest absolute Gasteiger partial charge is 0.321 e.